The van der Waals surface area contributed by atoms with Crippen LogP contribution in [0.5, 0.6) is 0 Å². The molecule has 0 aliphatic carbocycles. The van der Waals surface area contributed by atoms with Crippen LogP contribution in [0.4, 0.5) is 5.13 Å². The number of hydrogen-bond donors (Lipinski definition) is 2. The number of aromatic nitrogens is 2. The van der Waals surface area contributed by atoms with E-state index in [1.807, 2.05) is 0 Å². The van der Waals surface area contributed by atoms with Gasteiger partial charge in [-0.25, -0.2) is 13.4 Å². The van der Waals surface area contributed by atoms with Crippen molar-refractivity contribution in [3.63, 3.8) is 0 Å². The maximum atomic E-state index is 11.5. The predicted octanol–water partition coefficient (Wildman–Crippen LogP) is -0.453. The molecular formula is C8H14N4O3S2. The second kappa shape index (κ2) is 5.52. The lowest BCUT2D eigenvalue weighted by molar-refractivity contribution is -0.117. The molecule has 0 spiro atoms. The molecule has 0 saturated heterocycles. The van der Waals surface area contributed by atoms with E-state index in [4.69, 9.17) is 5.73 Å². The average molecular weight is 278 g/mol. The predicted molar refractivity (Wildman–Crippen MR) is 65.6 cm³/mol. The number of carbonyl (C=O) groups excluding carboxylic acids is 1. The molecule has 1 unspecified atom stereocenters. The first-order chi connectivity index (χ1) is 7.78. The van der Waals surface area contributed by atoms with Crippen LogP contribution >= 0.6 is 11.5 Å². The van der Waals surface area contributed by atoms with Crippen LogP contribution in [0.1, 0.15) is 12.2 Å². The molecule has 0 bridgehead atoms. The number of hydrogen-bond acceptors (Lipinski definition) is 7. The number of aryl methyl sites for hydroxylation is 1. The third kappa shape index (κ3) is 5.20. The highest BCUT2D eigenvalue weighted by Gasteiger charge is 2.17. The van der Waals surface area contributed by atoms with Crippen LogP contribution in [0.25, 0.3) is 0 Å². The minimum absolute atomic E-state index is 0.0858. The highest BCUT2D eigenvalue weighted by atomic mass is 32.2. The zero-order valence-corrected chi connectivity index (χ0v) is 11.1. The number of nitrogens with two attached hydrogens (primary N) is 1. The van der Waals surface area contributed by atoms with Gasteiger partial charge < -0.3 is 5.73 Å². The summed E-state index contributed by atoms with van der Waals surface area (Å²) in [5, 5.41) is 2.85. The van der Waals surface area contributed by atoms with Gasteiger partial charge in [-0.05, 0) is 13.3 Å². The lowest BCUT2D eigenvalue weighted by atomic mass is 10.2. The molecule has 0 aliphatic rings. The van der Waals surface area contributed by atoms with E-state index in [1.54, 1.807) is 6.92 Å². The van der Waals surface area contributed by atoms with Gasteiger partial charge in [0.1, 0.15) is 15.7 Å². The number of anilines is 1. The Morgan fingerprint density at radius 1 is 1.59 bits per heavy atom. The number of carbonyl (C=O) groups is 1. The summed E-state index contributed by atoms with van der Waals surface area (Å²) in [5.74, 6) is -0.00342. The van der Waals surface area contributed by atoms with Crippen LogP contribution < -0.4 is 11.1 Å². The van der Waals surface area contributed by atoms with Gasteiger partial charge in [0.2, 0.25) is 11.0 Å². The van der Waals surface area contributed by atoms with Crippen molar-refractivity contribution in [2.45, 2.75) is 19.4 Å². The van der Waals surface area contributed by atoms with Crippen molar-refractivity contribution in [2.24, 2.45) is 5.73 Å². The number of sulfone groups is 1. The zero-order valence-electron chi connectivity index (χ0n) is 9.50. The fourth-order valence-corrected chi connectivity index (χ4v) is 2.28. The van der Waals surface area contributed by atoms with Crippen LogP contribution in [0.15, 0.2) is 0 Å². The van der Waals surface area contributed by atoms with Gasteiger partial charge in [0.15, 0.2) is 0 Å². The van der Waals surface area contributed by atoms with Crippen LogP contribution in [0, 0.1) is 6.92 Å². The molecule has 0 radical (unpaired) electrons. The number of nitrogens with zero attached hydrogens (tertiary/aromatic N) is 2. The molecule has 1 heterocycles. The molecule has 1 amide bonds. The maximum absolute atomic E-state index is 11.5. The summed E-state index contributed by atoms with van der Waals surface area (Å²) < 4.78 is 25.7. The molecule has 0 aromatic carbocycles. The van der Waals surface area contributed by atoms with Gasteiger partial charge in [-0.15, -0.1) is 0 Å². The van der Waals surface area contributed by atoms with Crippen molar-refractivity contribution >= 4 is 32.4 Å². The molecule has 17 heavy (non-hydrogen) atoms. The van der Waals surface area contributed by atoms with Crippen LogP contribution in [0.2, 0.25) is 0 Å². The first-order valence-electron chi connectivity index (χ1n) is 4.82. The van der Waals surface area contributed by atoms with E-state index in [9.17, 15) is 13.2 Å². The van der Waals surface area contributed by atoms with Gasteiger partial charge in [0, 0.05) is 17.8 Å². The Morgan fingerprint density at radius 3 is 2.71 bits per heavy atom. The standard InChI is InChI=1S/C8H14N4O3S2/c1-5-10-8(16-12-5)11-7(13)6(9)3-4-17(2,14)15/h6H,3-4,9H2,1-2H3,(H,10,11,12,13). The minimum Gasteiger partial charge on any atom is -0.320 e. The molecule has 1 rings (SSSR count). The van der Waals surface area contributed by atoms with Crippen LogP contribution in [-0.4, -0.2) is 41.7 Å². The van der Waals surface area contributed by atoms with Gasteiger partial charge in [0.25, 0.3) is 0 Å². The van der Waals surface area contributed by atoms with E-state index in [0.717, 1.165) is 17.8 Å². The molecule has 7 nitrogen and oxygen atoms in total. The normalized spacial score (nSPS) is 13.4. The Hall–Kier alpha value is -1.06. The Balaban J connectivity index is 2.47. The molecular weight excluding hydrogens is 264 g/mol. The SMILES string of the molecule is Cc1nsc(NC(=O)C(N)CCS(C)(=O)=O)n1. The largest absolute Gasteiger partial charge is 0.320 e. The summed E-state index contributed by atoms with van der Waals surface area (Å²) in [5.41, 5.74) is 5.56. The quantitative estimate of drug-likeness (QED) is 0.753. The summed E-state index contributed by atoms with van der Waals surface area (Å²) in [6, 6.07) is -0.867. The van der Waals surface area contributed by atoms with Crippen molar-refractivity contribution in [1.82, 2.24) is 9.36 Å². The van der Waals surface area contributed by atoms with Crippen molar-refractivity contribution in [3.05, 3.63) is 5.82 Å². The summed E-state index contributed by atoms with van der Waals surface area (Å²) in [4.78, 5) is 15.5. The maximum Gasteiger partial charge on any atom is 0.243 e. The van der Waals surface area contributed by atoms with Gasteiger partial charge in [-0.2, -0.15) is 4.37 Å². The Morgan fingerprint density at radius 2 is 2.24 bits per heavy atom. The Bertz CT molecular complexity index is 497. The Kier molecular flexibility index (Phi) is 4.54. The molecule has 1 aromatic heterocycles. The molecule has 3 N–H and O–H groups in total. The van der Waals surface area contributed by atoms with Gasteiger partial charge >= 0.3 is 0 Å². The first-order valence-corrected chi connectivity index (χ1v) is 7.66. The minimum atomic E-state index is -3.11. The monoisotopic (exact) mass is 278 g/mol. The summed E-state index contributed by atoms with van der Waals surface area (Å²) in [7, 11) is -3.11. The van der Waals surface area contributed by atoms with Crippen molar-refractivity contribution < 1.29 is 13.2 Å². The van der Waals surface area contributed by atoms with E-state index in [2.05, 4.69) is 14.7 Å². The van der Waals surface area contributed by atoms with Gasteiger partial charge in [0.05, 0.1) is 11.8 Å². The number of rotatable bonds is 5. The molecule has 0 aliphatic heterocycles. The van der Waals surface area contributed by atoms with Crippen molar-refractivity contribution in [1.29, 1.82) is 0 Å². The second-order valence-corrected chi connectivity index (χ2v) is 6.67. The van der Waals surface area contributed by atoms with E-state index < -0.39 is 21.8 Å². The highest BCUT2D eigenvalue weighted by Crippen LogP contribution is 2.10. The third-order valence-electron chi connectivity index (χ3n) is 1.89. The highest BCUT2D eigenvalue weighted by molar-refractivity contribution is 7.90. The summed E-state index contributed by atoms with van der Waals surface area (Å²) in [6.07, 6.45) is 1.19. The van der Waals surface area contributed by atoms with Crippen molar-refractivity contribution in [2.75, 3.05) is 17.3 Å². The fourth-order valence-electron chi connectivity index (χ4n) is 1.02. The topological polar surface area (TPSA) is 115 Å². The number of nitrogens with one attached hydrogen (secondary N) is 1. The molecule has 1 aromatic rings. The van der Waals surface area contributed by atoms with E-state index in [0.29, 0.717) is 11.0 Å². The first kappa shape index (κ1) is 14.0. The third-order valence-corrected chi connectivity index (χ3v) is 3.59. The number of amides is 1. The van der Waals surface area contributed by atoms with Gasteiger partial charge in [-0.3, -0.25) is 10.1 Å². The summed E-state index contributed by atoms with van der Waals surface area (Å²) in [6.45, 7) is 1.70. The zero-order chi connectivity index (χ0) is 13.1. The summed E-state index contributed by atoms with van der Waals surface area (Å²) >= 11 is 1.05. The van der Waals surface area contributed by atoms with Gasteiger partial charge in [-0.1, -0.05) is 0 Å². The van der Waals surface area contributed by atoms with E-state index in [1.165, 1.54) is 0 Å². The lowest BCUT2D eigenvalue weighted by Gasteiger charge is -2.09. The lowest BCUT2D eigenvalue weighted by Crippen LogP contribution is -2.37. The average Bonchev–Trinajstić information content (AvgIpc) is 2.59. The molecule has 0 saturated carbocycles. The smallest absolute Gasteiger partial charge is 0.243 e. The second-order valence-electron chi connectivity index (χ2n) is 3.66. The fraction of sp³-hybridized carbons (Fsp3) is 0.625. The molecule has 96 valence electrons. The molecule has 1 atom stereocenters. The Labute approximate surface area is 104 Å². The molecule has 9 heteroatoms. The van der Waals surface area contributed by atoms with E-state index in [-0.39, 0.29) is 12.2 Å². The van der Waals surface area contributed by atoms with Crippen LogP contribution in [-0.2, 0) is 14.6 Å². The van der Waals surface area contributed by atoms with E-state index >= 15 is 0 Å². The van der Waals surface area contributed by atoms with Crippen molar-refractivity contribution in [3.8, 4) is 0 Å². The molecule has 0 fully saturated rings. The van der Waals surface area contributed by atoms with Crippen LogP contribution in [0.3, 0.4) is 0 Å².